The fraction of sp³-hybridized carbons (Fsp3) is 0.174. The molecule has 2 aliphatic heterocycles. The first-order chi connectivity index (χ1) is 14.5. The summed E-state index contributed by atoms with van der Waals surface area (Å²) in [7, 11) is -3.88. The zero-order chi connectivity index (χ0) is 20.9. The van der Waals surface area contributed by atoms with Crippen LogP contribution in [0.4, 0.5) is 11.4 Å². The third kappa shape index (κ3) is 2.99. The van der Waals surface area contributed by atoms with Gasteiger partial charge in [-0.25, -0.2) is 8.42 Å². The van der Waals surface area contributed by atoms with Gasteiger partial charge in [0.2, 0.25) is 5.91 Å². The van der Waals surface area contributed by atoms with Crippen molar-refractivity contribution >= 4 is 38.9 Å². The molecule has 0 unspecified atom stereocenters. The van der Waals surface area contributed by atoms with E-state index in [-0.39, 0.29) is 17.3 Å². The highest BCUT2D eigenvalue weighted by Gasteiger charge is 2.37. The Hall–Kier alpha value is -2.83. The molecule has 7 heteroatoms. The number of sulfonamides is 1. The summed E-state index contributed by atoms with van der Waals surface area (Å²) < 4.78 is 28.1. The molecule has 0 saturated heterocycles. The summed E-state index contributed by atoms with van der Waals surface area (Å²) in [5, 5.41) is 0.513. The van der Waals surface area contributed by atoms with E-state index in [1.165, 1.54) is 4.31 Å². The molecule has 152 valence electrons. The fourth-order valence-corrected chi connectivity index (χ4v) is 6.09. The molecule has 2 heterocycles. The SMILES string of the molecule is O=C(CN1c2ccc(Cl)cc2-c2ccccc2S1(=O)=O)N1CCCc2ccccc21. The van der Waals surface area contributed by atoms with Crippen molar-refractivity contribution < 1.29 is 13.2 Å². The Morgan fingerprint density at radius 1 is 0.933 bits per heavy atom. The number of carbonyl (C=O) groups excluding carboxylic acids is 1. The third-order valence-corrected chi connectivity index (χ3v) is 7.72. The van der Waals surface area contributed by atoms with Crippen LogP contribution in [-0.4, -0.2) is 27.4 Å². The van der Waals surface area contributed by atoms with Crippen molar-refractivity contribution in [1.82, 2.24) is 0 Å². The molecule has 5 rings (SSSR count). The van der Waals surface area contributed by atoms with Gasteiger partial charge in [0.1, 0.15) is 6.54 Å². The van der Waals surface area contributed by atoms with Crippen LogP contribution in [-0.2, 0) is 21.2 Å². The second-order valence-electron chi connectivity index (χ2n) is 7.45. The van der Waals surface area contributed by atoms with Gasteiger partial charge in [0, 0.05) is 28.4 Å². The van der Waals surface area contributed by atoms with Crippen LogP contribution in [0, 0.1) is 0 Å². The van der Waals surface area contributed by atoms with Crippen molar-refractivity contribution in [3.05, 3.63) is 77.3 Å². The van der Waals surface area contributed by atoms with Crippen LogP contribution in [0.2, 0.25) is 5.02 Å². The number of amides is 1. The standard InChI is InChI=1S/C23H19ClN2O3S/c24-17-11-12-21-19(14-17)18-8-2-4-10-22(18)30(28,29)26(21)15-23(27)25-13-5-7-16-6-1-3-9-20(16)25/h1-4,6,8-12,14H,5,7,13,15H2. The number of fused-ring (bicyclic) bond motifs is 4. The number of halogens is 1. The summed E-state index contributed by atoms with van der Waals surface area (Å²) in [6, 6.07) is 19.7. The number of aryl methyl sites for hydroxylation is 1. The largest absolute Gasteiger partial charge is 0.311 e. The maximum Gasteiger partial charge on any atom is 0.265 e. The topological polar surface area (TPSA) is 57.7 Å². The van der Waals surface area contributed by atoms with Gasteiger partial charge in [0.15, 0.2) is 0 Å². The Morgan fingerprint density at radius 2 is 1.70 bits per heavy atom. The van der Waals surface area contributed by atoms with Crippen LogP contribution >= 0.6 is 11.6 Å². The minimum atomic E-state index is -3.88. The second-order valence-corrected chi connectivity index (χ2v) is 9.71. The van der Waals surface area contributed by atoms with E-state index in [1.807, 2.05) is 24.3 Å². The number of hydrogen-bond acceptors (Lipinski definition) is 3. The molecule has 0 atom stereocenters. The molecule has 3 aromatic carbocycles. The van der Waals surface area contributed by atoms with Crippen LogP contribution in [0.25, 0.3) is 11.1 Å². The number of nitrogens with zero attached hydrogens (tertiary/aromatic N) is 2. The molecular formula is C23H19ClN2O3S. The van der Waals surface area contributed by atoms with Crippen LogP contribution in [0.3, 0.4) is 0 Å². The highest BCUT2D eigenvalue weighted by molar-refractivity contribution is 7.93. The van der Waals surface area contributed by atoms with Gasteiger partial charge in [-0.2, -0.15) is 0 Å². The van der Waals surface area contributed by atoms with E-state index >= 15 is 0 Å². The lowest BCUT2D eigenvalue weighted by molar-refractivity contribution is -0.117. The molecule has 0 saturated carbocycles. The van der Waals surface area contributed by atoms with Gasteiger partial charge in [0.25, 0.3) is 10.0 Å². The van der Waals surface area contributed by atoms with Gasteiger partial charge in [-0.15, -0.1) is 0 Å². The number of para-hydroxylation sites is 1. The molecule has 0 bridgehead atoms. The molecule has 30 heavy (non-hydrogen) atoms. The molecule has 1 amide bonds. The number of benzene rings is 3. The van der Waals surface area contributed by atoms with Gasteiger partial charge in [-0.1, -0.05) is 48.0 Å². The maximum atomic E-state index is 13.4. The zero-order valence-corrected chi connectivity index (χ0v) is 17.7. The normalized spacial score (nSPS) is 16.4. The summed E-state index contributed by atoms with van der Waals surface area (Å²) >= 11 is 6.20. The van der Waals surface area contributed by atoms with E-state index in [0.29, 0.717) is 28.4 Å². The molecule has 0 spiro atoms. The van der Waals surface area contributed by atoms with Crippen molar-refractivity contribution in [2.75, 3.05) is 22.3 Å². The van der Waals surface area contributed by atoms with Crippen molar-refractivity contribution in [3.8, 4) is 11.1 Å². The van der Waals surface area contributed by atoms with Crippen LogP contribution < -0.4 is 9.21 Å². The number of hydrogen-bond donors (Lipinski definition) is 0. The second kappa shape index (κ2) is 7.15. The molecule has 0 radical (unpaired) electrons. The summed E-state index contributed by atoms with van der Waals surface area (Å²) in [6.45, 7) is 0.313. The van der Waals surface area contributed by atoms with Crippen molar-refractivity contribution in [3.63, 3.8) is 0 Å². The minimum Gasteiger partial charge on any atom is -0.311 e. The average molecular weight is 439 g/mol. The van der Waals surface area contributed by atoms with E-state index in [9.17, 15) is 13.2 Å². The molecule has 3 aromatic rings. The Morgan fingerprint density at radius 3 is 2.57 bits per heavy atom. The smallest absolute Gasteiger partial charge is 0.265 e. The molecule has 0 aliphatic carbocycles. The van der Waals surface area contributed by atoms with E-state index in [4.69, 9.17) is 11.6 Å². The van der Waals surface area contributed by atoms with E-state index in [2.05, 4.69) is 0 Å². The van der Waals surface area contributed by atoms with Crippen LogP contribution in [0.15, 0.2) is 71.6 Å². The summed E-state index contributed by atoms with van der Waals surface area (Å²) in [5.41, 5.74) is 3.74. The van der Waals surface area contributed by atoms with Crippen LogP contribution in [0.1, 0.15) is 12.0 Å². The van der Waals surface area contributed by atoms with E-state index in [1.54, 1.807) is 47.4 Å². The quantitative estimate of drug-likeness (QED) is 0.592. The van der Waals surface area contributed by atoms with Crippen molar-refractivity contribution in [1.29, 1.82) is 0 Å². The van der Waals surface area contributed by atoms with Gasteiger partial charge < -0.3 is 4.90 Å². The number of rotatable bonds is 2. The number of anilines is 2. The predicted octanol–water partition coefficient (Wildman–Crippen LogP) is 4.50. The Bertz CT molecular complexity index is 1270. The van der Waals surface area contributed by atoms with E-state index < -0.39 is 10.0 Å². The Balaban J connectivity index is 1.58. The van der Waals surface area contributed by atoms with Crippen molar-refractivity contribution in [2.24, 2.45) is 0 Å². The first-order valence-corrected chi connectivity index (χ1v) is 11.6. The molecule has 0 aromatic heterocycles. The lowest BCUT2D eigenvalue weighted by Crippen LogP contribution is -2.46. The highest BCUT2D eigenvalue weighted by Crippen LogP contribution is 2.44. The van der Waals surface area contributed by atoms with Gasteiger partial charge in [0.05, 0.1) is 10.6 Å². The van der Waals surface area contributed by atoms with Gasteiger partial charge >= 0.3 is 0 Å². The third-order valence-electron chi connectivity index (χ3n) is 5.66. The Labute approximate surface area is 180 Å². The molecule has 5 nitrogen and oxygen atoms in total. The minimum absolute atomic E-state index is 0.187. The van der Waals surface area contributed by atoms with Gasteiger partial charge in [-0.3, -0.25) is 9.10 Å². The summed E-state index contributed by atoms with van der Waals surface area (Å²) in [4.78, 5) is 15.2. The first kappa shape index (κ1) is 19.2. The maximum absolute atomic E-state index is 13.4. The van der Waals surface area contributed by atoms with Gasteiger partial charge in [-0.05, 0) is 48.7 Å². The Kier molecular flexibility index (Phi) is 4.56. The molecular weight excluding hydrogens is 420 g/mol. The lowest BCUT2D eigenvalue weighted by atomic mass is 10.0. The molecule has 0 fully saturated rings. The first-order valence-electron chi connectivity index (χ1n) is 9.77. The highest BCUT2D eigenvalue weighted by atomic mass is 35.5. The summed E-state index contributed by atoms with van der Waals surface area (Å²) in [6.07, 6.45) is 1.77. The van der Waals surface area contributed by atoms with E-state index in [0.717, 1.165) is 24.1 Å². The van der Waals surface area contributed by atoms with Crippen molar-refractivity contribution in [2.45, 2.75) is 17.7 Å². The summed E-state index contributed by atoms with van der Waals surface area (Å²) in [5.74, 6) is -0.244. The van der Waals surface area contributed by atoms with Crippen LogP contribution in [0.5, 0.6) is 0 Å². The molecule has 2 aliphatic rings. The number of carbonyl (C=O) groups is 1. The predicted molar refractivity (Wildman–Crippen MR) is 119 cm³/mol. The average Bonchev–Trinajstić information content (AvgIpc) is 2.76. The fourth-order valence-electron chi connectivity index (χ4n) is 4.27. The lowest BCUT2D eigenvalue weighted by Gasteiger charge is -2.35. The monoisotopic (exact) mass is 438 g/mol. The zero-order valence-electron chi connectivity index (χ0n) is 16.1. The molecule has 0 N–H and O–H groups in total.